The van der Waals surface area contributed by atoms with Crippen molar-refractivity contribution >= 4 is 49.5 Å². The predicted octanol–water partition coefficient (Wildman–Crippen LogP) is 11.3. The summed E-state index contributed by atoms with van der Waals surface area (Å²) in [6.07, 6.45) is 1.91. The fourth-order valence-corrected chi connectivity index (χ4v) is 6.40. The Morgan fingerprint density at radius 3 is 1.58 bits per heavy atom. The molecule has 0 atom stereocenters. The lowest BCUT2D eigenvalue weighted by atomic mass is 9.84. The second-order valence-electron chi connectivity index (χ2n) is 10.8. The molecule has 0 bridgehead atoms. The molecule has 0 saturated carbocycles. The van der Waals surface area contributed by atoms with Crippen LogP contribution in [0.3, 0.4) is 0 Å². The van der Waals surface area contributed by atoms with Crippen LogP contribution in [0.2, 0.25) is 0 Å². The highest BCUT2D eigenvalue weighted by atomic mass is 15.1. The van der Waals surface area contributed by atoms with E-state index in [-0.39, 0.29) is 0 Å². The van der Waals surface area contributed by atoms with Crippen LogP contribution < -0.4 is 4.90 Å². The van der Waals surface area contributed by atoms with Crippen LogP contribution in [-0.2, 0) is 0 Å². The van der Waals surface area contributed by atoms with E-state index in [0.717, 1.165) is 28.0 Å². The van der Waals surface area contributed by atoms with E-state index in [4.69, 9.17) is 4.98 Å². The highest BCUT2D eigenvalue weighted by Crippen LogP contribution is 2.47. The number of hydrogen-bond donors (Lipinski definition) is 0. The van der Waals surface area contributed by atoms with Gasteiger partial charge < -0.3 is 4.90 Å². The van der Waals surface area contributed by atoms with Crippen LogP contribution in [0.4, 0.5) is 17.1 Å². The first-order valence-electron chi connectivity index (χ1n) is 14.6. The van der Waals surface area contributed by atoms with E-state index in [2.05, 4.69) is 163 Å². The molecule has 0 saturated heterocycles. The van der Waals surface area contributed by atoms with Crippen molar-refractivity contribution in [3.63, 3.8) is 0 Å². The molecule has 0 spiro atoms. The van der Waals surface area contributed by atoms with E-state index < -0.39 is 0 Å². The Morgan fingerprint density at radius 1 is 0.395 bits per heavy atom. The molecule has 0 amide bonds. The maximum absolute atomic E-state index is 4.95. The molecule has 8 rings (SSSR count). The normalized spacial score (nSPS) is 11.3. The average Bonchev–Trinajstić information content (AvgIpc) is 3.09. The van der Waals surface area contributed by atoms with Crippen molar-refractivity contribution < 1.29 is 0 Å². The van der Waals surface area contributed by atoms with Crippen LogP contribution in [-0.4, -0.2) is 4.98 Å². The number of aromatic nitrogens is 1. The minimum atomic E-state index is 1.03. The van der Waals surface area contributed by atoms with Crippen LogP contribution in [0.1, 0.15) is 0 Å². The third kappa shape index (κ3) is 4.32. The standard InChI is InChI=1S/C41H28N2/c1-5-14-29(15-6-1)38-36-25-23-31-18-13-27-42-41(31)40(36)39(30-16-7-2-8-17-30)35-26-24-34(28-37(35)38)43(32-19-9-3-10-20-32)33-21-11-4-12-22-33/h1-28H. The SMILES string of the molecule is c1ccc(-c2c3cc(N(c4ccccc4)c4ccccc4)ccc3c(-c3ccccc3)c3c2ccc2cccnc23)cc1. The first kappa shape index (κ1) is 25.0. The van der Waals surface area contributed by atoms with Crippen molar-refractivity contribution in [2.24, 2.45) is 0 Å². The van der Waals surface area contributed by atoms with E-state index in [1.807, 2.05) is 12.3 Å². The van der Waals surface area contributed by atoms with Gasteiger partial charge in [-0.25, -0.2) is 0 Å². The summed E-state index contributed by atoms with van der Waals surface area (Å²) in [7, 11) is 0. The van der Waals surface area contributed by atoms with Gasteiger partial charge in [0.1, 0.15) is 0 Å². The number of anilines is 3. The first-order chi connectivity index (χ1) is 21.4. The molecule has 1 aromatic heterocycles. The topological polar surface area (TPSA) is 16.1 Å². The second-order valence-corrected chi connectivity index (χ2v) is 10.8. The lowest BCUT2D eigenvalue weighted by Gasteiger charge is -2.27. The molecule has 0 aliphatic rings. The third-order valence-corrected chi connectivity index (χ3v) is 8.25. The summed E-state index contributed by atoms with van der Waals surface area (Å²) in [5, 5.41) is 5.95. The van der Waals surface area contributed by atoms with Crippen LogP contribution >= 0.6 is 0 Å². The maximum atomic E-state index is 4.95. The van der Waals surface area contributed by atoms with E-state index >= 15 is 0 Å². The minimum absolute atomic E-state index is 1.03. The predicted molar refractivity (Wildman–Crippen MR) is 182 cm³/mol. The molecule has 0 unspecified atom stereocenters. The Labute approximate surface area is 251 Å². The van der Waals surface area contributed by atoms with Crippen molar-refractivity contribution in [2.75, 3.05) is 4.90 Å². The van der Waals surface area contributed by atoms with Crippen molar-refractivity contribution in [3.8, 4) is 22.3 Å². The number of para-hydroxylation sites is 2. The van der Waals surface area contributed by atoms with Crippen LogP contribution in [0.15, 0.2) is 170 Å². The largest absolute Gasteiger partial charge is 0.310 e. The Balaban J connectivity index is 1.54. The molecule has 2 nitrogen and oxygen atoms in total. The van der Waals surface area contributed by atoms with Gasteiger partial charge in [0.15, 0.2) is 0 Å². The Kier molecular flexibility index (Phi) is 6.16. The molecule has 1 heterocycles. The zero-order chi connectivity index (χ0) is 28.6. The molecule has 0 radical (unpaired) electrons. The number of pyridine rings is 1. The van der Waals surface area contributed by atoms with Gasteiger partial charge in [0, 0.05) is 34.0 Å². The van der Waals surface area contributed by atoms with E-state index in [1.54, 1.807) is 0 Å². The first-order valence-corrected chi connectivity index (χ1v) is 14.6. The zero-order valence-corrected chi connectivity index (χ0v) is 23.6. The van der Waals surface area contributed by atoms with E-state index in [9.17, 15) is 0 Å². The van der Waals surface area contributed by atoms with Crippen LogP contribution in [0, 0.1) is 0 Å². The molecule has 0 aliphatic carbocycles. The monoisotopic (exact) mass is 548 g/mol. The highest BCUT2D eigenvalue weighted by molar-refractivity contribution is 6.27. The third-order valence-electron chi connectivity index (χ3n) is 8.25. The number of fused-ring (bicyclic) bond motifs is 4. The van der Waals surface area contributed by atoms with Gasteiger partial charge in [-0.1, -0.05) is 121 Å². The Hall–Kier alpha value is -5.73. The summed E-state index contributed by atoms with van der Waals surface area (Å²) in [5.41, 5.74) is 9.19. The molecular formula is C41H28N2. The summed E-state index contributed by atoms with van der Waals surface area (Å²) >= 11 is 0. The molecule has 7 aromatic carbocycles. The quantitative estimate of drug-likeness (QED) is 0.157. The molecule has 2 heteroatoms. The fourth-order valence-electron chi connectivity index (χ4n) is 6.40. The van der Waals surface area contributed by atoms with Gasteiger partial charge in [-0.05, 0) is 80.9 Å². The van der Waals surface area contributed by atoms with Crippen molar-refractivity contribution in [2.45, 2.75) is 0 Å². The number of nitrogens with zero attached hydrogens (tertiary/aromatic N) is 2. The molecular weight excluding hydrogens is 520 g/mol. The molecule has 0 aliphatic heterocycles. The van der Waals surface area contributed by atoms with Gasteiger partial charge in [0.25, 0.3) is 0 Å². The average molecular weight is 549 g/mol. The van der Waals surface area contributed by atoms with Gasteiger partial charge >= 0.3 is 0 Å². The van der Waals surface area contributed by atoms with Crippen molar-refractivity contribution in [3.05, 3.63) is 170 Å². The van der Waals surface area contributed by atoms with E-state index in [1.165, 1.54) is 43.8 Å². The number of benzene rings is 7. The van der Waals surface area contributed by atoms with Crippen LogP contribution in [0.25, 0.3) is 54.7 Å². The molecule has 0 N–H and O–H groups in total. The Morgan fingerprint density at radius 2 is 0.953 bits per heavy atom. The summed E-state index contributed by atoms with van der Waals surface area (Å²) in [6, 6.07) is 58.3. The highest BCUT2D eigenvalue weighted by Gasteiger charge is 2.21. The van der Waals surface area contributed by atoms with Gasteiger partial charge in [-0.2, -0.15) is 0 Å². The van der Waals surface area contributed by atoms with Crippen LogP contribution in [0.5, 0.6) is 0 Å². The zero-order valence-electron chi connectivity index (χ0n) is 23.6. The lowest BCUT2D eigenvalue weighted by Crippen LogP contribution is -2.09. The Bertz CT molecular complexity index is 2170. The summed E-state index contributed by atoms with van der Waals surface area (Å²) in [6.45, 7) is 0. The fraction of sp³-hybridized carbons (Fsp3) is 0. The second kappa shape index (κ2) is 10.6. The maximum Gasteiger partial charge on any atom is 0.0786 e. The van der Waals surface area contributed by atoms with Gasteiger partial charge in [-0.3, -0.25) is 4.98 Å². The molecule has 202 valence electrons. The van der Waals surface area contributed by atoms with Gasteiger partial charge in [-0.15, -0.1) is 0 Å². The van der Waals surface area contributed by atoms with Gasteiger partial charge in [0.2, 0.25) is 0 Å². The van der Waals surface area contributed by atoms with E-state index in [0.29, 0.717) is 0 Å². The molecule has 8 aromatic rings. The smallest absolute Gasteiger partial charge is 0.0786 e. The van der Waals surface area contributed by atoms with Crippen molar-refractivity contribution in [1.82, 2.24) is 4.98 Å². The van der Waals surface area contributed by atoms with Crippen molar-refractivity contribution in [1.29, 1.82) is 0 Å². The molecule has 43 heavy (non-hydrogen) atoms. The minimum Gasteiger partial charge on any atom is -0.310 e. The number of rotatable bonds is 5. The molecule has 0 fully saturated rings. The summed E-state index contributed by atoms with van der Waals surface area (Å²) < 4.78 is 0. The lowest BCUT2D eigenvalue weighted by molar-refractivity contribution is 1.29. The summed E-state index contributed by atoms with van der Waals surface area (Å²) in [4.78, 5) is 7.29. The van der Waals surface area contributed by atoms with Gasteiger partial charge in [0.05, 0.1) is 5.52 Å². The number of hydrogen-bond acceptors (Lipinski definition) is 2. The summed E-state index contributed by atoms with van der Waals surface area (Å²) in [5.74, 6) is 0.